The minimum absolute atomic E-state index is 0. The number of halogens is 1. The van der Waals surface area contributed by atoms with Crippen LogP contribution < -0.4 is 10.5 Å². The average Bonchev–Trinajstić information content (AvgIpc) is 2.46. The Labute approximate surface area is 132 Å². The van der Waals surface area contributed by atoms with Gasteiger partial charge in [0.05, 0.1) is 6.61 Å². The van der Waals surface area contributed by atoms with Gasteiger partial charge in [-0.05, 0) is 30.7 Å². The lowest BCUT2D eigenvalue weighted by Crippen LogP contribution is -2.21. The Morgan fingerprint density at radius 3 is 2.60 bits per heavy atom. The molecule has 2 N–H and O–H groups in total. The van der Waals surface area contributed by atoms with Crippen LogP contribution in [0, 0.1) is 0 Å². The predicted octanol–water partition coefficient (Wildman–Crippen LogP) is 4.07. The molecule has 0 aromatic heterocycles. The number of ether oxygens (including phenoxy) is 1. The molecule has 0 bridgehead atoms. The summed E-state index contributed by atoms with van der Waals surface area (Å²) in [6.45, 7) is 0.743. The number of hydrogen-bond donors (Lipinski definition) is 2. The highest BCUT2D eigenvalue weighted by Crippen LogP contribution is 2.25. The second-order valence-electron chi connectivity index (χ2n) is 4.76. The van der Waals surface area contributed by atoms with Crippen LogP contribution in [0.3, 0.4) is 0 Å². The largest absolute Gasteiger partial charge is 0.493 e. The van der Waals surface area contributed by atoms with Crippen LogP contribution in [-0.2, 0) is 0 Å². The maximum absolute atomic E-state index is 5.87. The molecule has 0 saturated carbocycles. The van der Waals surface area contributed by atoms with E-state index >= 15 is 0 Å². The molecule has 0 unspecified atom stereocenters. The first-order valence-corrected chi connectivity index (χ1v) is 7.41. The Hall–Kier alpha value is -0.900. The van der Waals surface area contributed by atoms with Crippen molar-refractivity contribution in [2.75, 3.05) is 12.4 Å². The molecule has 2 nitrogen and oxygen atoms in total. The molecule has 20 heavy (non-hydrogen) atoms. The van der Waals surface area contributed by atoms with Crippen LogP contribution in [0.15, 0.2) is 42.5 Å². The van der Waals surface area contributed by atoms with E-state index in [1.165, 1.54) is 10.8 Å². The van der Waals surface area contributed by atoms with E-state index in [0.29, 0.717) is 0 Å². The van der Waals surface area contributed by atoms with Gasteiger partial charge in [-0.2, -0.15) is 12.6 Å². The van der Waals surface area contributed by atoms with Crippen molar-refractivity contribution in [1.29, 1.82) is 0 Å². The minimum Gasteiger partial charge on any atom is -0.493 e. The minimum atomic E-state index is 0. The fraction of sp³-hybridized carbons (Fsp3) is 0.375. The van der Waals surface area contributed by atoms with Crippen molar-refractivity contribution in [3.63, 3.8) is 0 Å². The van der Waals surface area contributed by atoms with Crippen LogP contribution >= 0.6 is 25.0 Å². The number of hydrogen-bond acceptors (Lipinski definition) is 3. The summed E-state index contributed by atoms with van der Waals surface area (Å²) in [5.74, 6) is 1.72. The summed E-state index contributed by atoms with van der Waals surface area (Å²) in [4.78, 5) is 0. The Balaban J connectivity index is 0.00000200. The van der Waals surface area contributed by atoms with Crippen LogP contribution in [-0.4, -0.2) is 18.4 Å². The van der Waals surface area contributed by atoms with Gasteiger partial charge < -0.3 is 10.5 Å². The number of benzene rings is 2. The molecule has 0 aliphatic carbocycles. The predicted molar refractivity (Wildman–Crippen MR) is 92.4 cm³/mol. The van der Waals surface area contributed by atoms with E-state index in [9.17, 15) is 0 Å². The van der Waals surface area contributed by atoms with Gasteiger partial charge in [0.1, 0.15) is 5.75 Å². The first kappa shape index (κ1) is 17.2. The van der Waals surface area contributed by atoms with Crippen LogP contribution in [0.25, 0.3) is 10.8 Å². The third kappa shape index (κ3) is 4.89. The van der Waals surface area contributed by atoms with Crippen molar-refractivity contribution >= 4 is 35.8 Å². The zero-order chi connectivity index (χ0) is 13.5. The number of rotatable bonds is 7. The highest BCUT2D eigenvalue weighted by atomic mass is 35.5. The summed E-state index contributed by atoms with van der Waals surface area (Å²) < 4.78 is 5.87. The van der Waals surface area contributed by atoms with E-state index in [-0.39, 0.29) is 18.4 Å². The molecule has 2 aromatic carbocycles. The highest BCUT2D eigenvalue weighted by molar-refractivity contribution is 7.80. The Morgan fingerprint density at radius 2 is 1.80 bits per heavy atom. The summed E-state index contributed by atoms with van der Waals surface area (Å²) in [6.07, 6.45) is 3.14. The lowest BCUT2D eigenvalue weighted by Gasteiger charge is -2.10. The SMILES string of the molecule is Cl.N[C@@H](CS)CCCCOc1cccc2ccccc12. The van der Waals surface area contributed by atoms with Gasteiger partial charge in [0, 0.05) is 17.2 Å². The molecule has 0 saturated heterocycles. The van der Waals surface area contributed by atoms with E-state index in [2.05, 4.69) is 30.8 Å². The molecule has 0 spiro atoms. The first-order chi connectivity index (χ1) is 9.31. The fourth-order valence-corrected chi connectivity index (χ4v) is 2.29. The molecular weight excluding hydrogens is 290 g/mol. The molecule has 0 amide bonds. The van der Waals surface area contributed by atoms with E-state index in [1.807, 2.05) is 24.3 Å². The molecule has 2 aromatic rings. The van der Waals surface area contributed by atoms with E-state index in [1.54, 1.807) is 0 Å². The van der Waals surface area contributed by atoms with Crippen molar-refractivity contribution in [3.8, 4) is 5.75 Å². The molecule has 110 valence electrons. The standard InChI is InChI=1S/C16H21NOS.ClH/c17-14(12-19)8-3-4-11-18-16-10-5-7-13-6-1-2-9-15(13)16;/h1-2,5-7,9-10,14,19H,3-4,8,11-12,17H2;1H/t14-;/m1./s1. The molecule has 0 aliphatic heterocycles. The van der Waals surface area contributed by atoms with Crippen molar-refractivity contribution < 1.29 is 4.74 Å². The Morgan fingerprint density at radius 1 is 1.05 bits per heavy atom. The number of nitrogens with two attached hydrogens (primary N) is 1. The summed E-state index contributed by atoms with van der Waals surface area (Å²) in [6, 6.07) is 14.7. The lowest BCUT2D eigenvalue weighted by molar-refractivity contribution is 0.307. The number of unbranched alkanes of at least 4 members (excludes halogenated alkanes) is 1. The number of thiol groups is 1. The van der Waals surface area contributed by atoms with Gasteiger partial charge in [0.2, 0.25) is 0 Å². The van der Waals surface area contributed by atoms with Gasteiger partial charge in [-0.1, -0.05) is 36.4 Å². The van der Waals surface area contributed by atoms with Crippen LogP contribution in [0.5, 0.6) is 5.75 Å². The molecule has 0 aliphatic rings. The second kappa shape index (κ2) is 9.11. The molecule has 0 fully saturated rings. The highest BCUT2D eigenvalue weighted by Gasteiger charge is 2.02. The quantitative estimate of drug-likeness (QED) is 0.597. The normalized spacial score (nSPS) is 11.9. The summed E-state index contributed by atoms with van der Waals surface area (Å²) in [5.41, 5.74) is 5.82. The third-order valence-electron chi connectivity index (χ3n) is 3.21. The Kier molecular flexibility index (Phi) is 7.82. The summed E-state index contributed by atoms with van der Waals surface area (Å²) in [7, 11) is 0. The summed E-state index contributed by atoms with van der Waals surface area (Å²) in [5, 5.41) is 2.40. The zero-order valence-electron chi connectivity index (χ0n) is 11.5. The summed E-state index contributed by atoms with van der Waals surface area (Å²) >= 11 is 4.18. The van der Waals surface area contributed by atoms with Crippen LogP contribution in [0.2, 0.25) is 0 Å². The van der Waals surface area contributed by atoms with Crippen molar-refractivity contribution in [1.82, 2.24) is 0 Å². The van der Waals surface area contributed by atoms with Gasteiger partial charge in [0.15, 0.2) is 0 Å². The topological polar surface area (TPSA) is 35.2 Å². The number of fused-ring (bicyclic) bond motifs is 1. The van der Waals surface area contributed by atoms with Crippen LogP contribution in [0.4, 0.5) is 0 Å². The van der Waals surface area contributed by atoms with Crippen molar-refractivity contribution in [2.45, 2.75) is 25.3 Å². The van der Waals surface area contributed by atoms with E-state index in [4.69, 9.17) is 10.5 Å². The van der Waals surface area contributed by atoms with Gasteiger partial charge in [-0.25, -0.2) is 0 Å². The molecule has 1 atom stereocenters. The van der Waals surface area contributed by atoms with Gasteiger partial charge in [0.25, 0.3) is 0 Å². The maximum atomic E-state index is 5.87. The monoisotopic (exact) mass is 311 g/mol. The average molecular weight is 312 g/mol. The second-order valence-corrected chi connectivity index (χ2v) is 5.13. The first-order valence-electron chi connectivity index (χ1n) is 6.78. The van der Waals surface area contributed by atoms with Crippen molar-refractivity contribution in [3.05, 3.63) is 42.5 Å². The molecule has 2 rings (SSSR count). The molecule has 0 heterocycles. The maximum Gasteiger partial charge on any atom is 0.127 e. The van der Waals surface area contributed by atoms with E-state index in [0.717, 1.165) is 37.4 Å². The Bertz CT molecular complexity index is 515. The van der Waals surface area contributed by atoms with Gasteiger partial charge in [-0.3, -0.25) is 0 Å². The van der Waals surface area contributed by atoms with Gasteiger partial charge >= 0.3 is 0 Å². The molecule has 0 radical (unpaired) electrons. The molecule has 4 heteroatoms. The van der Waals surface area contributed by atoms with Gasteiger partial charge in [-0.15, -0.1) is 12.4 Å². The van der Waals surface area contributed by atoms with Crippen molar-refractivity contribution in [2.24, 2.45) is 5.73 Å². The van der Waals surface area contributed by atoms with E-state index < -0.39 is 0 Å². The zero-order valence-corrected chi connectivity index (χ0v) is 13.2. The molecular formula is C16H22ClNOS. The lowest BCUT2D eigenvalue weighted by atomic mass is 10.1. The smallest absolute Gasteiger partial charge is 0.127 e. The van der Waals surface area contributed by atoms with Crippen LogP contribution in [0.1, 0.15) is 19.3 Å². The fourth-order valence-electron chi connectivity index (χ4n) is 2.10. The third-order valence-corrected chi connectivity index (χ3v) is 3.68.